The Morgan fingerprint density at radius 3 is 2.43 bits per heavy atom. The standard InChI is InChI=1S/C19H30N2O2/c1-16(20-15-19(22)9-3-2-4-10-19)17-5-7-18(8-6-17)21-11-13-23-14-12-21/h5-8,16,20,22H,2-4,9-15H2,1H3. The molecule has 4 heteroatoms. The molecule has 1 aliphatic carbocycles. The van der Waals surface area contributed by atoms with Gasteiger partial charge in [0.05, 0.1) is 18.8 Å². The zero-order valence-electron chi connectivity index (χ0n) is 14.3. The molecule has 1 atom stereocenters. The Morgan fingerprint density at radius 1 is 1.13 bits per heavy atom. The highest BCUT2D eigenvalue weighted by Crippen LogP contribution is 2.28. The number of nitrogens with zero attached hydrogens (tertiary/aromatic N) is 1. The number of ether oxygens (including phenoxy) is 1. The number of hydrogen-bond donors (Lipinski definition) is 2. The Morgan fingerprint density at radius 2 is 1.78 bits per heavy atom. The molecule has 0 amide bonds. The summed E-state index contributed by atoms with van der Waals surface area (Å²) < 4.78 is 5.41. The van der Waals surface area contributed by atoms with Crippen molar-refractivity contribution in [3.8, 4) is 0 Å². The maximum atomic E-state index is 10.6. The van der Waals surface area contributed by atoms with Crippen molar-refractivity contribution in [3.63, 3.8) is 0 Å². The average molecular weight is 318 g/mol. The molecule has 1 unspecified atom stereocenters. The Kier molecular flexibility index (Phi) is 5.57. The monoisotopic (exact) mass is 318 g/mol. The molecular formula is C19H30N2O2. The molecule has 0 radical (unpaired) electrons. The molecule has 2 aliphatic rings. The average Bonchev–Trinajstić information content (AvgIpc) is 2.61. The first kappa shape index (κ1) is 16.7. The molecular weight excluding hydrogens is 288 g/mol. The Labute approximate surface area is 139 Å². The predicted molar refractivity (Wildman–Crippen MR) is 93.9 cm³/mol. The minimum atomic E-state index is -0.500. The second kappa shape index (κ2) is 7.65. The van der Waals surface area contributed by atoms with Crippen LogP contribution in [0.2, 0.25) is 0 Å². The number of benzene rings is 1. The van der Waals surface area contributed by atoms with Crippen LogP contribution >= 0.6 is 0 Å². The quantitative estimate of drug-likeness (QED) is 0.876. The molecule has 0 spiro atoms. The van der Waals surface area contributed by atoms with E-state index in [2.05, 4.69) is 41.4 Å². The zero-order chi connectivity index (χ0) is 16.1. The van der Waals surface area contributed by atoms with Crippen molar-refractivity contribution in [1.29, 1.82) is 0 Å². The van der Waals surface area contributed by atoms with Crippen LogP contribution in [0.3, 0.4) is 0 Å². The van der Waals surface area contributed by atoms with Crippen LogP contribution in [0.25, 0.3) is 0 Å². The summed E-state index contributed by atoms with van der Waals surface area (Å²) in [7, 11) is 0. The van der Waals surface area contributed by atoms with Crippen LogP contribution in [0.1, 0.15) is 50.6 Å². The largest absolute Gasteiger partial charge is 0.389 e. The van der Waals surface area contributed by atoms with E-state index in [-0.39, 0.29) is 6.04 Å². The van der Waals surface area contributed by atoms with Crippen molar-refractivity contribution in [1.82, 2.24) is 5.32 Å². The Bertz CT molecular complexity index is 477. The first-order valence-corrected chi connectivity index (χ1v) is 9.05. The van der Waals surface area contributed by atoms with Gasteiger partial charge < -0.3 is 20.1 Å². The smallest absolute Gasteiger partial charge is 0.0771 e. The predicted octanol–water partition coefficient (Wildman–Crippen LogP) is 2.87. The molecule has 1 aliphatic heterocycles. The lowest BCUT2D eigenvalue weighted by molar-refractivity contribution is 0.00300. The molecule has 4 nitrogen and oxygen atoms in total. The first-order chi connectivity index (χ1) is 11.2. The summed E-state index contributed by atoms with van der Waals surface area (Å²) in [5.74, 6) is 0. The van der Waals surface area contributed by atoms with Gasteiger partial charge in [-0.3, -0.25) is 0 Å². The van der Waals surface area contributed by atoms with Crippen molar-refractivity contribution in [2.75, 3.05) is 37.7 Å². The van der Waals surface area contributed by atoms with Gasteiger partial charge >= 0.3 is 0 Å². The van der Waals surface area contributed by atoms with E-state index in [9.17, 15) is 5.11 Å². The third-order valence-corrected chi connectivity index (χ3v) is 5.29. The number of morpholine rings is 1. The highest BCUT2D eigenvalue weighted by Gasteiger charge is 2.29. The number of hydrogen-bond acceptors (Lipinski definition) is 4. The van der Waals surface area contributed by atoms with Crippen LogP contribution in [0.4, 0.5) is 5.69 Å². The molecule has 0 aromatic heterocycles. The second-order valence-corrected chi connectivity index (χ2v) is 7.08. The van der Waals surface area contributed by atoms with Gasteiger partial charge in [-0.25, -0.2) is 0 Å². The summed E-state index contributed by atoms with van der Waals surface area (Å²) in [4.78, 5) is 2.37. The fraction of sp³-hybridized carbons (Fsp3) is 0.684. The van der Waals surface area contributed by atoms with Crippen molar-refractivity contribution >= 4 is 5.69 Å². The highest BCUT2D eigenvalue weighted by molar-refractivity contribution is 5.48. The summed E-state index contributed by atoms with van der Waals surface area (Å²) in [6.45, 7) is 6.45. The topological polar surface area (TPSA) is 44.7 Å². The van der Waals surface area contributed by atoms with Crippen molar-refractivity contribution in [3.05, 3.63) is 29.8 Å². The van der Waals surface area contributed by atoms with Gasteiger partial charge in [0.25, 0.3) is 0 Å². The van der Waals surface area contributed by atoms with Gasteiger partial charge in [-0.1, -0.05) is 31.4 Å². The molecule has 23 heavy (non-hydrogen) atoms. The van der Waals surface area contributed by atoms with E-state index in [4.69, 9.17) is 4.74 Å². The van der Waals surface area contributed by atoms with Gasteiger partial charge in [0, 0.05) is 31.4 Å². The molecule has 2 N–H and O–H groups in total. The minimum absolute atomic E-state index is 0.264. The minimum Gasteiger partial charge on any atom is -0.389 e. The first-order valence-electron chi connectivity index (χ1n) is 9.05. The lowest BCUT2D eigenvalue weighted by Gasteiger charge is -2.33. The maximum Gasteiger partial charge on any atom is 0.0771 e. The van der Waals surface area contributed by atoms with Crippen molar-refractivity contribution in [2.45, 2.75) is 50.7 Å². The lowest BCUT2D eigenvalue weighted by atomic mass is 9.84. The van der Waals surface area contributed by atoms with E-state index in [0.717, 1.165) is 52.0 Å². The van der Waals surface area contributed by atoms with Crippen molar-refractivity contribution in [2.24, 2.45) is 0 Å². The number of aliphatic hydroxyl groups is 1. The lowest BCUT2D eigenvalue weighted by Crippen LogP contribution is -2.42. The Hall–Kier alpha value is -1.10. The zero-order valence-corrected chi connectivity index (χ0v) is 14.3. The normalized spacial score (nSPS) is 22.8. The molecule has 0 bridgehead atoms. The highest BCUT2D eigenvalue weighted by atomic mass is 16.5. The van der Waals surface area contributed by atoms with E-state index >= 15 is 0 Å². The molecule has 3 rings (SSSR count). The van der Waals surface area contributed by atoms with Crippen LogP contribution in [0, 0.1) is 0 Å². The molecule has 128 valence electrons. The third kappa shape index (κ3) is 4.46. The van der Waals surface area contributed by atoms with Crippen molar-refractivity contribution < 1.29 is 9.84 Å². The molecule has 1 saturated carbocycles. The second-order valence-electron chi connectivity index (χ2n) is 7.08. The number of anilines is 1. The van der Waals surface area contributed by atoms with Crippen LogP contribution in [0.15, 0.2) is 24.3 Å². The van der Waals surface area contributed by atoms with Crippen LogP contribution < -0.4 is 10.2 Å². The fourth-order valence-electron chi connectivity index (χ4n) is 3.64. The van der Waals surface area contributed by atoms with Gasteiger partial charge in [-0.15, -0.1) is 0 Å². The van der Waals surface area contributed by atoms with Crippen LogP contribution in [-0.4, -0.2) is 43.6 Å². The van der Waals surface area contributed by atoms with Gasteiger partial charge in [0.2, 0.25) is 0 Å². The fourth-order valence-corrected chi connectivity index (χ4v) is 3.64. The van der Waals surface area contributed by atoms with E-state index in [1.165, 1.54) is 17.7 Å². The van der Waals surface area contributed by atoms with E-state index < -0.39 is 5.60 Å². The Balaban J connectivity index is 1.53. The third-order valence-electron chi connectivity index (χ3n) is 5.29. The molecule has 1 aromatic carbocycles. The summed E-state index contributed by atoms with van der Waals surface area (Å²) in [6, 6.07) is 9.07. The van der Waals surface area contributed by atoms with Crippen LogP contribution in [-0.2, 0) is 4.74 Å². The van der Waals surface area contributed by atoms with Gasteiger partial charge in [0.15, 0.2) is 0 Å². The van der Waals surface area contributed by atoms with Crippen LogP contribution in [0.5, 0.6) is 0 Å². The summed E-state index contributed by atoms with van der Waals surface area (Å²) in [5.41, 5.74) is 2.05. The summed E-state index contributed by atoms with van der Waals surface area (Å²) in [5, 5.41) is 14.1. The molecule has 2 fully saturated rings. The molecule has 1 saturated heterocycles. The van der Waals surface area contributed by atoms with E-state index in [1.807, 2.05) is 0 Å². The van der Waals surface area contributed by atoms with E-state index in [0.29, 0.717) is 6.54 Å². The summed E-state index contributed by atoms with van der Waals surface area (Å²) in [6.07, 6.45) is 5.44. The van der Waals surface area contributed by atoms with E-state index in [1.54, 1.807) is 0 Å². The number of rotatable bonds is 5. The maximum absolute atomic E-state index is 10.6. The summed E-state index contributed by atoms with van der Waals surface area (Å²) >= 11 is 0. The molecule has 1 aromatic rings. The van der Waals surface area contributed by atoms with Gasteiger partial charge in [-0.2, -0.15) is 0 Å². The van der Waals surface area contributed by atoms with Gasteiger partial charge in [0.1, 0.15) is 0 Å². The van der Waals surface area contributed by atoms with Gasteiger partial charge in [-0.05, 0) is 37.5 Å². The molecule has 1 heterocycles. The SMILES string of the molecule is CC(NCC1(O)CCCCC1)c1ccc(N2CCOCC2)cc1. The number of nitrogens with one attached hydrogen (secondary N) is 1.